The summed E-state index contributed by atoms with van der Waals surface area (Å²) >= 11 is 0. The molecule has 5 heteroatoms. The first kappa shape index (κ1) is 15.7. The van der Waals surface area contributed by atoms with E-state index < -0.39 is 0 Å². The third-order valence-electron chi connectivity index (χ3n) is 3.20. The van der Waals surface area contributed by atoms with Crippen LogP contribution in [-0.2, 0) is 19.1 Å². The Labute approximate surface area is 114 Å². The Kier molecular flexibility index (Phi) is 7.15. The van der Waals surface area contributed by atoms with Crippen LogP contribution in [0.15, 0.2) is 0 Å². The molecule has 5 nitrogen and oxygen atoms in total. The molecule has 1 rings (SSSR count). The van der Waals surface area contributed by atoms with Crippen LogP contribution in [0.3, 0.4) is 0 Å². The number of ether oxygens (including phenoxy) is 1. The first-order valence-corrected chi connectivity index (χ1v) is 7.14. The minimum Gasteiger partial charge on any atom is -0.466 e. The Balaban J connectivity index is 2.18. The zero-order chi connectivity index (χ0) is 14.1. The Morgan fingerprint density at radius 2 is 1.74 bits per heavy atom. The average molecular weight is 269 g/mol. The minimum absolute atomic E-state index is 0.0482. The quantitative estimate of drug-likeness (QED) is 0.403. The van der Waals surface area contributed by atoms with E-state index in [9.17, 15) is 14.4 Å². The predicted molar refractivity (Wildman–Crippen MR) is 70.3 cm³/mol. The summed E-state index contributed by atoms with van der Waals surface area (Å²) in [5.74, 6) is -0.273. The molecule has 0 aromatic carbocycles. The maximum Gasteiger partial charge on any atom is 0.305 e. The molecule has 0 saturated carbocycles. The van der Waals surface area contributed by atoms with Crippen molar-refractivity contribution in [1.82, 2.24) is 4.90 Å². The highest BCUT2D eigenvalue weighted by atomic mass is 16.5. The number of nitrogens with zero attached hydrogens (tertiary/aromatic N) is 1. The van der Waals surface area contributed by atoms with E-state index in [4.69, 9.17) is 4.74 Å². The molecule has 1 heterocycles. The third kappa shape index (κ3) is 5.85. The van der Waals surface area contributed by atoms with Gasteiger partial charge < -0.3 is 4.74 Å². The smallest absolute Gasteiger partial charge is 0.305 e. The standard InChI is InChI=1S/C14H23NO4/c1-2-19-14(18)10-4-3-7-11-15-12(16)8-5-6-9-13(15)17/h2-11H2,1H3. The number of amides is 2. The van der Waals surface area contributed by atoms with Gasteiger partial charge in [0.2, 0.25) is 11.8 Å². The molecule has 108 valence electrons. The molecule has 1 saturated heterocycles. The average Bonchev–Trinajstić information content (AvgIpc) is 2.53. The number of esters is 1. The summed E-state index contributed by atoms with van der Waals surface area (Å²) < 4.78 is 4.83. The zero-order valence-corrected chi connectivity index (χ0v) is 11.7. The first-order chi connectivity index (χ1) is 9.15. The van der Waals surface area contributed by atoms with Crippen molar-refractivity contribution in [3.05, 3.63) is 0 Å². The molecule has 1 aliphatic heterocycles. The zero-order valence-electron chi connectivity index (χ0n) is 11.7. The number of rotatable bonds is 7. The van der Waals surface area contributed by atoms with Crippen molar-refractivity contribution in [2.24, 2.45) is 0 Å². The van der Waals surface area contributed by atoms with Crippen LogP contribution in [0.5, 0.6) is 0 Å². The normalized spacial score (nSPS) is 16.4. The number of hydrogen-bond donors (Lipinski definition) is 0. The molecular formula is C14H23NO4. The summed E-state index contributed by atoms with van der Waals surface area (Å²) in [6.45, 7) is 2.69. The van der Waals surface area contributed by atoms with E-state index in [-0.39, 0.29) is 17.8 Å². The molecule has 0 aromatic heterocycles. The summed E-state index contributed by atoms with van der Waals surface area (Å²) in [5.41, 5.74) is 0. The topological polar surface area (TPSA) is 63.7 Å². The fourth-order valence-electron chi connectivity index (χ4n) is 2.16. The van der Waals surface area contributed by atoms with Crippen LogP contribution in [0.4, 0.5) is 0 Å². The second-order valence-corrected chi connectivity index (χ2v) is 4.76. The van der Waals surface area contributed by atoms with Crippen molar-refractivity contribution in [3.8, 4) is 0 Å². The molecule has 0 atom stereocenters. The van der Waals surface area contributed by atoms with Crippen molar-refractivity contribution in [2.45, 2.75) is 58.3 Å². The Morgan fingerprint density at radius 3 is 2.32 bits per heavy atom. The van der Waals surface area contributed by atoms with Crippen molar-refractivity contribution in [1.29, 1.82) is 0 Å². The van der Waals surface area contributed by atoms with Gasteiger partial charge in [-0.3, -0.25) is 19.3 Å². The lowest BCUT2D eigenvalue weighted by Crippen LogP contribution is -2.35. The van der Waals surface area contributed by atoms with Gasteiger partial charge in [0.1, 0.15) is 0 Å². The van der Waals surface area contributed by atoms with E-state index in [2.05, 4.69) is 0 Å². The molecule has 1 fully saturated rings. The van der Waals surface area contributed by atoms with Gasteiger partial charge in [-0.25, -0.2) is 0 Å². The van der Waals surface area contributed by atoms with Crippen LogP contribution in [0.25, 0.3) is 0 Å². The summed E-state index contributed by atoms with van der Waals surface area (Å²) in [7, 11) is 0. The van der Waals surface area contributed by atoms with Crippen LogP contribution in [0.2, 0.25) is 0 Å². The maximum atomic E-state index is 11.7. The second-order valence-electron chi connectivity index (χ2n) is 4.76. The second kappa shape index (κ2) is 8.67. The van der Waals surface area contributed by atoms with Crippen LogP contribution in [0.1, 0.15) is 58.3 Å². The summed E-state index contributed by atoms with van der Waals surface area (Å²) in [5, 5.41) is 0. The van der Waals surface area contributed by atoms with Crippen molar-refractivity contribution < 1.29 is 19.1 Å². The van der Waals surface area contributed by atoms with Crippen molar-refractivity contribution in [3.63, 3.8) is 0 Å². The largest absolute Gasteiger partial charge is 0.466 e. The van der Waals surface area contributed by atoms with Gasteiger partial charge in [0.05, 0.1) is 6.61 Å². The summed E-state index contributed by atoms with van der Waals surface area (Å²) in [6, 6.07) is 0. The third-order valence-corrected chi connectivity index (χ3v) is 3.20. The Morgan fingerprint density at radius 1 is 1.11 bits per heavy atom. The number of carbonyl (C=O) groups is 3. The van der Waals surface area contributed by atoms with Crippen molar-refractivity contribution in [2.75, 3.05) is 13.2 Å². The molecule has 19 heavy (non-hydrogen) atoms. The SMILES string of the molecule is CCOC(=O)CCCCCN1C(=O)CCCCC1=O. The molecule has 0 N–H and O–H groups in total. The Hall–Kier alpha value is -1.39. The van der Waals surface area contributed by atoms with Gasteiger partial charge in [0.25, 0.3) is 0 Å². The van der Waals surface area contributed by atoms with E-state index in [0.717, 1.165) is 32.1 Å². The molecular weight excluding hydrogens is 246 g/mol. The van der Waals surface area contributed by atoms with Gasteiger partial charge >= 0.3 is 5.97 Å². The molecule has 2 amide bonds. The maximum absolute atomic E-state index is 11.7. The minimum atomic E-state index is -0.176. The fraction of sp³-hybridized carbons (Fsp3) is 0.786. The molecule has 1 aliphatic rings. The highest BCUT2D eigenvalue weighted by Gasteiger charge is 2.23. The first-order valence-electron chi connectivity index (χ1n) is 7.14. The number of likely N-dealkylation sites (tertiary alicyclic amines) is 1. The molecule has 0 radical (unpaired) electrons. The number of carbonyl (C=O) groups excluding carboxylic acids is 3. The lowest BCUT2D eigenvalue weighted by atomic mass is 10.2. The summed E-state index contributed by atoms with van der Waals surface area (Å²) in [6.07, 6.45) is 5.33. The number of hydrogen-bond acceptors (Lipinski definition) is 4. The highest BCUT2D eigenvalue weighted by Crippen LogP contribution is 2.14. The monoisotopic (exact) mass is 269 g/mol. The van der Waals surface area contributed by atoms with Crippen LogP contribution in [-0.4, -0.2) is 35.8 Å². The lowest BCUT2D eigenvalue weighted by molar-refractivity contribution is -0.145. The van der Waals surface area contributed by atoms with Gasteiger partial charge in [0, 0.05) is 25.8 Å². The van der Waals surface area contributed by atoms with Crippen molar-refractivity contribution >= 4 is 17.8 Å². The van der Waals surface area contributed by atoms with Gasteiger partial charge in [-0.1, -0.05) is 6.42 Å². The lowest BCUT2D eigenvalue weighted by Gasteiger charge is -2.18. The van der Waals surface area contributed by atoms with Crippen LogP contribution >= 0.6 is 0 Å². The van der Waals surface area contributed by atoms with Gasteiger partial charge in [-0.05, 0) is 32.6 Å². The van der Waals surface area contributed by atoms with E-state index in [1.807, 2.05) is 0 Å². The van der Waals surface area contributed by atoms with Crippen LogP contribution in [0, 0.1) is 0 Å². The number of imide groups is 1. The highest BCUT2D eigenvalue weighted by molar-refractivity contribution is 5.95. The molecule has 0 unspecified atom stereocenters. The van der Waals surface area contributed by atoms with E-state index in [1.54, 1.807) is 6.92 Å². The molecule has 0 bridgehead atoms. The van der Waals surface area contributed by atoms with Gasteiger partial charge in [-0.15, -0.1) is 0 Å². The van der Waals surface area contributed by atoms with E-state index >= 15 is 0 Å². The van der Waals surface area contributed by atoms with E-state index in [1.165, 1.54) is 4.90 Å². The summed E-state index contributed by atoms with van der Waals surface area (Å²) in [4.78, 5) is 35.9. The fourth-order valence-corrected chi connectivity index (χ4v) is 2.16. The van der Waals surface area contributed by atoms with Crippen LogP contribution < -0.4 is 0 Å². The number of unbranched alkanes of at least 4 members (excludes halogenated alkanes) is 2. The van der Waals surface area contributed by atoms with E-state index in [0.29, 0.717) is 32.4 Å². The molecule has 0 aromatic rings. The Bertz CT molecular complexity index is 309. The van der Waals surface area contributed by atoms with Gasteiger partial charge in [-0.2, -0.15) is 0 Å². The molecule has 0 spiro atoms. The van der Waals surface area contributed by atoms with Gasteiger partial charge in [0.15, 0.2) is 0 Å². The molecule has 0 aliphatic carbocycles. The predicted octanol–water partition coefficient (Wildman–Crippen LogP) is 2.04.